The lowest BCUT2D eigenvalue weighted by atomic mass is 10.1. The molecule has 0 fully saturated rings. The van der Waals surface area contributed by atoms with Gasteiger partial charge in [0.1, 0.15) is 17.6 Å². The first kappa shape index (κ1) is 18.2. The molecule has 1 atom stereocenters. The molecule has 1 aromatic heterocycles. The molecular formula is C14H13F3N4O4. The number of nitrogens with two attached hydrogens (primary N) is 1. The number of methoxy groups -OCH3 is 1. The van der Waals surface area contributed by atoms with Crippen LogP contribution in [-0.4, -0.2) is 40.1 Å². The summed E-state index contributed by atoms with van der Waals surface area (Å²) >= 11 is 0. The third-order valence-corrected chi connectivity index (χ3v) is 3.17. The molecule has 4 N–H and O–H groups in total. The number of anilines is 1. The average molecular weight is 358 g/mol. The second-order valence-electron chi connectivity index (χ2n) is 4.98. The number of carbonyl (C=O) groups excluding carboxylic acids is 1. The standard InChI is InChI=1S/C14H13F3N4O4/c1-25-6-2-3-7-8(4-6)20-13(14(15,16)17)21-11(7)19-9(12(23)24)5-10(18)22/h2-4,9H,5H2,1H3,(H2,18,22)(H,23,24)(H,19,20,21). The number of aromatic nitrogens is 2. The van der Waals surface area contributed by atoms with Gasteiger partial charge in [0.05, 0.1) is 19.0 Å². The normalized spacial score (nSPS) is 12.6. The molecule has 8 nitrogen and oxygen atoms in total. The Hall–Kier alpha value is -3.11. The van der Waals surface area contributed by atoms with Crippen molar-refractivity contribution in [1.82, 2.24) is 9.97 Å². The van der Waals surface area contributed by atoms with Crippen LogP contribution in [0.4, 0.5) is 19.0 Å². The zero-order valence-electron chi connectivity index (χ0n) is 12.8. The van der Waals surface area contributed by atoms with Gasteiger partial charge in [0.15, 0.2) is 0 Å². The summed E-state index contributed by atoms with van der Waals surface area (Å²) in [6.07, 6.45) is -5.48. The van der Waals surface area contributed by atoms with Gasteiger partial charge in [0.25, 0.3) is 0 Å². The summed E-state index contributed by atoms with van der Waals surface area (Å²) < 4.78 is 44.0. The Morgan fingerprint density at radius 2 is 2.04 bits per heavy atom. The highest BCUT2D eigenvalue weighted by atomic mass is 19.4. The van der Waals surface area contributed by atoms with E-state index in [0.29, 0.717) is 0 Å². The molecule has 0 aliphatic carbocycles. The lowest BCUT2D eigenvalue weighted by Gasteiger charge is -2.17. The van der Waals surface area contributed by atoms with Crippen LogP contribution in [0.15, 0.2) is 18.2 Å². The number of carbonyl (C=O) groups is 2. The van der Waals surface area contributed by atoms with Gasteiger partial charge in [-0.1, -0.05) is 0 Å². The van der Waals surface area contributed by atoms with Crippen molar-refractivity contribution in [2.24, 2.45) is 5.73 Å². The van der Waals surface area contributed by atoms with Gasteiger partial charge in [-0.15, -0.1) is 0 Å². The number of hydrogen-bond acceptors (Lipinski definition) is 6. The van der Waals surface area contributed by atoms with Crippen LogP contribution in [0.5, 0.6) is 5.75 Å². The first-order chi connectivity index (χ1) is 11.6. The first-order valence-electron chi connectivity index (χ1n) is 6.82. The Morgan fingerprint density at radius 1 is 1.36 bits per heavy atom. The van der Waals surface area contributed by atoms with Gasteiger partial charge >= 0.3 is 12.1 Å². The van der Waals surface area contributed by atoms with Crippen LogP contribution in [0.3, 0.4) is 0 Å². The highest BCUT2D eigenvalue weighted by Gasteiger charge is 2.36. The Labute approximate surface area is 138 Å². The quantitative estimate of drug-likeness (QED) is 0.712. The van der Waals surface area contributed by atoms with Crippen LogP contribution in [-0.2, 0) is 15.8 Å². The molecule has 1 unspecified atom stereocenters. The van der Waals surface area contributed by atoms with Gasteiger partial charge in [-0.25, -0.2) is 14.8 Å². The molecule has 11 heteroatoms. The van der Waals surface area contributed by atoms with E-state index in [0.717, 1.165) is 0 Å². The molecule has 0 radical (unpaired) electrons. The number of carboxylic acids is 1. The summed E-state index contributed by atoms with van der Waals surface area (Å²) in [4.78, 5) is 29.0. The van der Waals surface area contributed by atoms with Gasteiger partial charge in [-0.05, 0) is 12.1 Å². The molecule has 0 bridgehead atoms. The van der Waals surface area contributed by atoms with Gasteiger partial charge in [0, 0.05) is 11.5 Å². The van der Waals surface area contributed by atoms with Crippen molar-refractivity contribution in [2.45, 2.75) is 18.6 Å². The fraction of sp³-hybridized carbons (Fsp3) is 0.286. The molecule has 0 saturated carbocycles. The number of aliphatic carboxylic acids is 1. The van der Waals surface area contributed by atoms with Crippen molar-refractivity contribution in [3.05, 3.63) is 24.0 Å². The van der Waals surface area contributed by atoms with Crippen molar-refractivity contribution < 1.29 is 32.6 Å². The highest BCUT2D eigenvalue weighted by Crippen LogP contribution is 2.32. The summed E-state index contributed by atoms with van der Waals surface area (Å²) in [5.74, 6) is -3.98. The summed E-state index contributed by atoms with van der Waals surface area (Å²) in [6, 6.07) is 2.54. The van der Waals surface area contributed by atoms with E-state index in [4.69, 9.17) is 15.6 Å². The molecule has 1 heterocycles. The summed E-state index contributed by atoms with van der Waals surface area (Å²) in [5.41, 5.74) is 4.86. The van der Waals surface area contributed by atoms with E-state index >= 15 is 0 Å². The molecule has 1 aromatic carbocycles. The first-order valence-corrected chi connectivity index (χ1v) is 6.82. The van der Waals surface area contributed by atoms with Crippen LogP contribution >= 0.6 is 0 Å². The number of primary amides is 1. The molecule has 1 amide bonds. The number of ether oxygens (including phenoxy) is 1. The largest absolute Gasteiger partial charge is 0.497 e. The summed E-state index contributed by atoms with van der Waals surface area (Å²) in [7, 11) is 1.33. The SMILES string of the molecule is COc1ccc2c(NC(CC(N)=O)C(=O)O)nc(C(F)(F)F)nc2c1. The monoisotopic (exact) mass is 358 g/mol. The van der Waals surface area contributed by atoms with Gasteiger partial charge in [-0.2, -0.15) is 13.2 Å². The lowest BCUT2D eigenvalue weighted by molar-refractivity contribution is -0.144. The number of rotatable bonds is 6. The highest BCUT2D eigenvalue weighted by molar-refractivity contribution is 5.93. The minimum absolute atomic E-state index is 0.104. The Bertz CT molecular complexity index is 826. The van der Waals surface area contributed by atoms with Crippen molar-refractivity contribution in [3.8, 4) is 5.75 Å². The Kier molecular flexibility index (Phi) is 4.95. The van der Waals surface area contributed by atoms with Crippen LogP contribution in [0, 0.1) is 0 Å². The number of alkyl halides is 3. The predicted molar refractivity (Wildman–Crippen MR) is 79.9 cm³/mol. The van der Waals surface area contributed by atoms with Gasteiger partial charge in [-0.3, -0.25) is 4.79 Å². The Balaban J connectivity index is 2.59. The maximum atomic E-state index is 13.0. The van der Waals surface area contributed by atoms with E-state index < -0.39 is 36.3 Å². The second-order valence-corrected chi connectivity index (χ2v) is 4.98. The molecule has 0 saturated heterocycles. The van der Waals surface area contributed by atoms with E-state index in [1.54, 1.807) is 0 Å². The molecule has 0 aliphatic rings. The van der Waals surface area contributed by atoms with Crippen molar-refractivity contribution >= 4 is 28.6 Å². The number of halogens is 3. The van der Waals surface area contributed by atoms with Crippen LogP contribution in [0.25, 0.3) is 10.9 Å². The molecular weight excluding hydrogens is 345 g/mol. The molecule has 134 valence electrons. The van der Waals surface area contributed by atoms with Crippen LogP contribution < -0.4 is 15.8 Å². The maximum absolute atomic E-state index is 13.0. The number of amides is 1. The Morgan fingerprint density at radius 3 is 2.56 bits per heavy atom. The van der Waals surface area contributed by atoms with E-state index in [9.17, 15) is 22.8 Å². The van der Waals surface area contributed by atoms with Crippen molar-refractivity contribution in [1.29, 1.82) is 0 Å². The third-order valence-electron chi connectivity index (χ3n) is 3.17. The molecule has 0 aliphatic heterocycles. The molecule has 25 heavy (non-hydrogen) atoms. The van der Waals surface area contributed by atoms with Crippen molar-refractivity contribution in [3.63, 3.8) is 0 Å². The second kappa shape index (κ2) is 6.79. The number of nitrogens with one attached hydrogen (secondary N) is 1. The number of benzene rings is 1. The number of carboxylic acid groups (broad SMARTS) is 1. The van der Waals surface area contributed by atoms with E-state index in [2.05, 4.69) is 15.3 Å². The van der Waals surface area contributed by atoms with Crippen molar-refractivity contribution in [2.75, 3.05) is 12.4 Å². The third kappa shape index (κ3) is 4.25. The predicted octanol–water partition coefficient (Wildman–Crippen LogP) is 1.40. The van der Waals surface area contributed by atoms with E-state index in [1.807, 2.05) is 0 Å². The zero-order valence-corrected chi connectivity index (χ0v) is 12.8. The minimum Gasteiger partial charge on any atom is -0.497 e. The molecule has 0 spiro atoms. The van der Waals surface area contributed by atoms with E-state index in [1.165, 1.54) is 25.3 Å². The number of nitrogens with zero attached hydrogens (tertiary/aromatic N) is 2. The molecule has 2 aromatic rings. The van der Waals surface area contributed by atoms with Gasteiger partial charge < -0.3 is 20.9 Å². The summed E-state index contributed by atoms with van der Waals surface area (Å²) in [6.45, 7) is 0. The summed E-state index contributed by atoms with van der Waals surface area (Å²) in [5, 5.41) is 11.6. The van der Waals surface area contributed by atoms with E-state index in [-0.39, 0.29) is 22.5 Å². The van der Waals surface area contributed by atoms with Crippen LogP contribution in [0.1, 0.15) is 12.2 Å². The average Bonchev–Trinajstić information content (AvgIpc) is 2.51. The number of fused-ring (bicyclic) bond motifs is 1. The zero-order chi connectivity index (χ0) is 18.8. The smallest absolute Gasteiger partial charge is 0.451 e. The lowest BCUT2D eigenvalue weighted by Crippen LogP contribution is -2.34. The minimum atomic E-state index is -4.85. The molecule has 2 rings (SSSR count). The number of hydrogen-bond donors (Lipinski definition) is 3. The topological polar surface area (TPSA) is 127 Å². The fourth-order valence-corrected chi connectivity index (χ4v) is 2.04. The van der Waals surface area contributed by atoms with Gasteiger partial charge in [0.2, 0.25) is 11.7 Å². The van der Waals surface area contributed by atoms with Crippen LogP contribution in [0.2, 0.25) is 0 Å². The fourth-order valence-electron chi connectivity index (χ4n) is 2.04. The maximum Gasteiger partial charge on any atom is 0.451 e.